The van der Waals surface area contributed by atoms with Crippen molar-refractivity contribution < 1.29 is 38.6 Å². The van der Waals surface area contributed by atoms with Crippen molar-refractivity contribution in [1.29, 1.82) is 0 Å². The molecular weight excluding hydrogens is 680 g/mol. The van der Waals surface area contributed by atoms with Gasteiger partial charge in [0.25, 0.3) is 22.7 Å². The first-order valence-corrected chi connectivity index (χ1v) is 16.6. The van der Waals surface area contributed by atoms with Crippen LogP contribution in [-0.4, -0.2) is 46.1 Å². The number of nitro groups is 4. The Morgan fingerprint density at radius 1 is 0.385 bits per heavy atom. The van der Waals surface area contributed by atoms with Crippen LogP contribution in [0.25, 0.3) is 0 Å². The van der Waals surface area contributed by atoms with Gasteiger partial charge in [-0.05, 0) is 27.7 Å². The zero-order valence-corrected chi connectivity index (χ0v) is 29.0. The SMILES string of the molecule is CCOc1c2cc([N+](=O)[O-])cc1Cc1cc([N+](=O)[O-])cc(c1OCC)Cc1cc([N+](=O)[O-])cc(c1OCC)Cc1cc([N+](=O)[O-])cc(c1OCC)C2. The molecule has 4 aromatic rings. The van der Waals surface area contributed by atoms with Gasteiger partial charge in [0.15, 0.2) is 0 Å². The highest BCUT2D eigenvalue weighted by atomic mass is 16.6. The molecule has 0 heterocycles. The van der Waals surface area contributed by atoms with Gasteiger partial charge in [0.05, 0.1) is 46.1 Å². The van der Waals surface area contributed by atoms with Crippen molar-refractivity contribution in [3.05, 3.63) is 133 Å². The van der Waals surface area contributed by atoms with Gasteiger partial charge in [0.1, 0.15) is 23.0 Å². The smallest absolute Gasteiger partial charge is 0.270 e. The number of ether oxygens (including phenoxy) is 4. The molecular formula is C36H36N4O12. The van der Waals surface area contributed by atoms with Crippen LogP contribution in [0.2, 0.25) is 0 Å². The second-order valence-corrected chi connectivity index (χ2v) is 11.8. The van der Waals surface area contributed by atoms with E-state index in [1.54, 1.807) is 27.7 Å². The number of fused-ring (bicyclic) bond motifs is 8. The molecule has 0 atom stereocenters. The van der Waals surface area contributed by atoms with Gasteiger partial charge in [-0.15, -0.1) is 0 Å². The third-order valence-electron chi connectivity index (χ3n) is 8.43. The topological polar surface area (TPSA) is 209 Å². The summed E-state index contributed by atoms with van der Waals surface area (Å²) in [4.78, 5) is 46.9. The minimum absolute atomic E-state index is 0.106. The van der Waals surface area contributed by atoms with Crippen molar-refractivity contribution in [3.63, 3.8) is 0 Å². The van der Waals surface area contributed by atoms with Crippen molar-refractivity contribution in [2.24, 2.45) is 0 Å². The standard InChI is InChI=1S/C36H36N4O12/c1-5-49-33-21-9-23-15-30(38(43)44)17-25(34(23)50-6-2)11-27-19-32(40(47)48)20-28(36(27)52-8-4)12-26-18-31(39(45)46)16-24(35(26)51-7-3)10-22(33)14-29(13-21)37(41)42/h13-20H,5-12H2,1-4H3. The summed E-state index contributed by atoms with van der Waals surface area (Å²) in [6.45, 7) is 7.56. The number of non-ortho nitro benzene ring substituents is 4. The van der Waals surface area contributed by atoms with Crippen molar-refractivity contribution >= 4 is 22.7 Å². The Hall–Kier alpha value is -6.32. The van der Waals surface area contributed by atoms with E-state index < -0.39 is 19.7 Å². The molecule has 0 fully saturated rings. The molecule has 5 rings (SSSR count). The van der Waals surface area contributed by atoms with E-state index >= 15 is 0 Å². The third-order valence-corrected chi connectivity index (χ3v) is 8.43. The van der Waals surface area contributed by atoms with Crippen molar-refractivity contribution in [2.75, 3.05) is 26.4 Å². The van der Waals surface area contributed by atoms with E-state index in [-0.39, 0.29) is 97.9 Å². The summed E-state index contributed by atoms with van der Waals surface area (Å²) in [7, 11) is 0. The quantitative estimate of drug-likeness (QED) is 0.0903. The fraction of sp³-hybridized carbons (Fsp3) is 0.333. The van der Waals surface area contributed by atoms with Crippen LogP contribution in [0.5, 0.6) is 23.0 Å². The average Bonchev–Trinajstić information content (AvgIpc) is 3.09. The zero-order chi connectivity index (χ0) is 37.7. The first-order chi connectivity index (χ1) is 24.9. The first-order valence-electron chi connectivity index (χ1n) is 16.6. The number of hydrogen-bond acceptors (Lipinski definition) is 12. The highest BCUT2D eigenvalue weighted by Gasteiger charge is 2.28. The Balaban J connectivity index is 1.96. The molecule has 0 aliphatic heterocycles. The molecule has 1 aliphatic rings. The Bertz CT molecular complexity index is 1690. The van der Waals surface area contributed by atoms with Gasteiger partial charge >= 0.3 is 0 Å². The Morgan fingerprint density at radius 3 is 0.654 bits per heavy atom. The van der Waals surface area contributed by atoms with Crippen LogP contribution < -0.4 is 18.9 Å². The number of rotatable bonds is 12. The van der Waals surface area contributed by atoms with Gasteiger partial charge in [-0.25, -0.2) is 0 Å². The van der Waals surface area contributed by atoms with Gasteiger partial charge < -0.3 is 18.9 Å². The van der Waals surface area contributed by atoms with Crippen molar-refractivity contribution in [1.82, 2.24) is 0 Å². The number of nitro benzene ring substituents is 4. The minimum Gasteiger partial charge on any atom is -0.493 e. The lowest BCUT2D eigenvalue weighted by Crippen LogP contribution is -2.10. The second-order valence-electron chi connectivity index (χ2n) is 11.8. The molecule has 0 N–H and O–H groups in total. The Labute approximate surface area is 297 Å². The largest absolute Gasteiger partial charge is 0.493 e. The maximum atomic E-state index is 12.3. The summed E-state index contributed by atoms with van der Waals surface area (Å²) in [5.41, 5.74) is 1.42. The van der Waals surface area contributed by atoms with Crippen LogP contribution >= 0.6 is 0 Å². The Kier molecular flexibility index (Phi) is 11.2. The summed E-state index contributed by atoms with van der Waals surface area (Å²) < 4.78 is 24.4. The summed E-state index contributed by atoms with van der Waals surface area (Å²) in [5.74, 6) is 1.08. The monoisotopic (exact) mass is 716 g/mol. The number of nitrogens with zero attached hydrogens (tertiary/aromatic N) is 4. The molecule has 0 radical (unpaired) electrons. The average molecular weight is 717 g/mol. The van der Waals surface area contributed by atoms with Crippen molar-refractivity contribution in [2.45, 2.75) is 53.4 Å². The van der Waals surface area contributed by atoms with Crippen LogP contribution in [0, 0.1) is 40.5 Å². The molecule has 0 saturated carbocycles. The highest BCUT2D eigenvalue weighted by Crippen LogP contribution is 2.43. The normalized spacial score (nSPS) is 12.1. The molecule has 0 saturated heterocycles. The molecule has 0 unspecified atom stereocenters. The predicted octanol–water partition coefficient (Wildman–Crippen LogP) is 7.59. The molecule has 272 valence electrons. The van der Waals surface area contributed by atoms with Gasteiger partial charge in [0.2, 0.25) is 0 Å². The lowest BCUT2D eigenvalue weighted by Gasteiger charge is -2.22. The van der Waals surface area contributed by atoms with Gasteiger partial charge in [0, 0.05) is 119 Å². The van der Waals surface area contributed by atoms with E-state index in [0.29, 0.717) is 44.5 Å². The molecule has 52 heavy (non-hydrogen) atoms. The Morgan fingerprint density at radius 2 is 0.538 bits per heavy atom. The van der Waals surface area contributed by atoms with Crippen LogP contribution in [0.3, 0.4) is 0 Å². The number of benzene rings is 4. The molecule has 1 aliphatic carbocycles. The van der Waals surface area contributed by atoms with E-state index in [1.165, 1.54) is 48.5 Å². The summed E-state index contributed by atoms with van der Waals surface area (Å²) in [6.07, 6.45) is -0.424. The maximum Gasteiger partial charge on any atom is 0.270 e. The lowest BCUT2D eigenvalue weighted by atomic mass is 9.90. The molecule has 4 aromatic carbocycles. The summed E-state index contributed by atoms with van der Waals surface area (Å²) >= 11 is 0. The molecule has 8 bridgehead atoms. The van der Waals surface area contributed by atoms with E-state index in [2.05, 4.69) is 0 Å². The molecule has 0 aromatic heterocycles. The molecule has 0 amide bonds. The maximum absolute atomic E-state index is 12.3. The van der Waals surface area contributed by atoms with Crippen LogP contribution in [0.4, 0.5) is 22.7 Å². The van der Waals surface area contributed by atoms with Crippen LogP contribution in [-0.2, 0) is 25.7 Å². The third kappa shape index (κ3) is 7.70. The molecule has 16 heteroatoms. The highest BCUT2D eigenvalue weighted by molar-refractivity contribution is 5.62. The van der Waals surface area contributed by atoms with Crippen molar-refractivity contribution in [3.8, 4) is 23.0 Å². The van der Waals surface area contributed by atoms with E-state index in [9.17, 15) is 40.5 Å². The fourth-order valence-corrected chi connectivity index (χ4v) is 6.56. The zero-order valence-electron chi connectivity index (χ0n) is 29.0. The van der Waals surface area contributed by atoms with E-state index in [0.717, 1.165) is 0 Å². The van der Waals surface area contributed by atoms with Crippen LogP contribution in [0.15, 0.2) is 48.5 Å². The predicted molar refractivity (Wildman–Crippen MR) is 188 cm³/mol. The number of hydrogen-bond donors (Lipinski definition) is 0. The fourth-order valence-electron chi connectivity index (χ4n) is 6.56. The first kappa shape index (κ1) is 36.9. The van der Waals surface area contributed by atoms with E-state index in [4.69, 9.17) is 18.9 Å². The van der Waals surface area contributed by atoms with Gasteiger partial charge in [-0.2, -0.15) is 0 Å². The molecule has 0 spiro atoms. The minimum atomic E-state index is -0.569. The van der Waals surface area contributed by atoms with Gasteiger partial charge in [-0.1, -0.05) is 0 Å². The van der Waals surface area contributed by atoms with Crippen LogP contribution in [0.1, 0.15) is 72.2 Å². The lowest BCUT2D eigenvalue weighted by molar-refractivity contribution is -0.385. The van der Waals surface area contributed by atoms with Gasteiger partial charge in [-0.3, -0.25) is 40.5 Å². The summed E-state index contributed by atoms with van der Waals surface area (Å²) in [5, 5.41) is 49.1. The molecule has 16 nitrogen and oxygen atoms in total. The summed E-state index contributed by atoms with van der Waals surface area (Å²) in [6, 6.07) is 10.6. The van der Waals surface area contributed by atoms with E-state index in [1.807, 2.05) is 0 Å². The second kappa shape index (κ2) is 15.7.